The summed E-state index contributed by atoms with van der Waals surface area (Å²) in [7, 11) is 0. The van der Waals surface area contributed by atoms with Gasteiger partial charge in [-0.25, -0.2) is 0 Å². The first kappa shape index (κ1) is 14.3. The highest BCUT2D eigenvalue weighted by atomic mass is 19.4. The number of ketones is 1. The molecule has 1 aromatic carbocycles. The lowest BCUT2D eigenvalue weighted by molar-refractivity contribution is -0.274. The van der Waals surface area contributed by atoms with Crippen molar-refractivity contribution >= 4 is 5.78 Å². The number of hydrogen-bond acceptors (Lipinski definition) is 2. The molecule has 1 aromatic rings. The van der Waals surface area contributed by atoms with Crippen molar-refractivity contribution in [2.75, 3.05) is 0 Å². The fraction of sp³-hybridized carbons (Fsp3) is 0.300. The summed E-state index contributed by atoms with van der Waals surface area (Å²) in [4.78, 5) is 10.7. The maximum Gasteiger partial charge on any atom is 0.573 e. The monoisotopic (exact) mass is 272 g/mol. The predicted molar refractivity (Wildman–Crippen MR) is 47.9 cm³/mol. The van der Waals surface area contributed by atoms with Crippen LogP contribution < -0.4 is 4.74 Å². The Bertz CT molecular complexity index is 435. The molecule has 0 aromatic heterocycles. The lowest BCUT2D eigenvalue weighted by Gasteiger charge is -2.13. The van der Waals surface area contributed by atoms with Crippen LogP contribution in [-0.4, -0.2) is 18.3 Å². The average molecular weight is 272 g/mol. The Kier molecular flexibility index (Phi) is 3.88. The summed E-state index contributed by atoms with van der Waals surface area (Å²) < 4.78 is 75.4. The van der Waals surface area contributed by atoms with Gasteiger partial charge in [0.05, 0.1) is 0 Å². The Morgan fingerprint density at radius 1 is 1.06 bits per heavy atom. The van der Waals surface area contributed by atoms with Crippen molar-refractivity contribution in [3.05, 3.63) is 29.8 Å². The Balaban J connectivity index is 2.93. The van der Waals surface area contributed by atoms with E-state index in [-0.39, 0.29) is 0 Å². The molecule has 0 spiro atoms. The zero-order chi connectivity index (χ0) is 14.0. The first-order valence-corrected chi connectivity index (χ1v) is 4.53. The van der Waals surface area contributed by atoms with Crippen molar-refractivity contribution in [3.8, 4) is 5.75 Å². The van der Waals surface area contributed by atoms with E-state index in [1.165, 1.54) is 6.07 Å². The Morgan fingerprint density at radius 2 is 1.61 bits per heavy atom. The Hall–Kier alpha value is -1.73. The van der Waals surface area contributed by atoms with Gasteiger partial charge in [-0.2, -0.15) is 13.2 Å². The minimum absolute atomic E-state index is 0.475. The van der Waals surface area contributed by atoms with Crippen LogP contribution in [0.3, 0.4) is 0 Å². The maximum atomic E-state index is 12.0. The highest BCUT2D eigenvalue weighted by molar-refractivity contribution is 5.86. The molecule has 0 saturated carbocycles. The van der Waals surface area contributed by atoms with Crippen LogP contribution in [0.1, 0.15) is 5.56 Å². The van der Waals surface area contributed by atoms with E-state index in [2.05, 4.69) is 4.74 Å². The number of ether oxygens (including phenoxy) is 1. The van der Waals surface area contributed by atoms with E-state index >= 15 is 0 Å². The van der Waals surface area contributed by atoms with Crippen LogP contribution in [-0.2, 0) is 11.2 Å². The van der Waals surface area contributed by atoms with Crippen LogP contribution in [0.2, 0.25) is 0 Å². The quantitative estimate of drug-likeness (QED) is 0.789. The van der Waals surface area contributed by atoms with Gasteiger partial charge < -0.3 is 4.74 Å². The molecule has 1 rings (SSSR count). The summed E-state index contributed by atoms with van der Waals surface area (Å²) in [5.74, 6) is -2.96. The lowest BCUT2D eigenvalue weighted by atomic mass is 10.1. The summed E-state index contributed by atoms with van der Waals surface area (Å²) in [6.07, 6.45) is -11.3. The topological polar surface area (TPSA) is 26.3 Å². The van der Waals surface area contributed by atoms with E-state index in [1.807, 2.05) is 0 Å². The summed E-state index contributed by atoms with van der Waals surface area (Å²) >= 11 is 0. The SMILES string of the molecule is O=C(Cc1ccccc1OC(F)(F)F)C(F)(F)F. The molecule has 0 aliphatic heterocycles. The molecule has 0 heterocycles. The normalized spacial score (nSPS) is 12.3. The molecule has 0 atom stereocenters. The molecule has 0 amide bonds. The average Bonchev–Trinajstić information content (AvgIpc) is 2.17. The first-order chi connectivity index (χ1) is 8.09. The van der Waals surface area contributed by atoms with Crippen LogP contribution in [0, 0.1) is 0 Å². The standard InChI is InChI=1S/C10H6F6O2/c11-9(12,13)8(17)5-6-3-1-2-4-7(6)18-10(14,15)16/h1-4H,5H2. The summed E-state index contributed by atoms with van der Waals surface area (Å²) in [5.41, 5.74) is -0.475. The number of carbonyl (C=O) groups is 1. The minimum atomic E-state index is -5.09. The van der Waals surface area contributed by atoms with Crippen LogP contribution in [0.25, 0.3) is 0 Å². The van der Waals surface area contributed by atoms with Gasteiger partial charge in [-0.15, -0.1) is 13.2 Å². The van der Waals surface area contributed by atoms with Crippen LogP contribution in [0.4, 0.5) is 26.3 Å². The summed E-state index contributed by atoms with van der Waals surface area (Å²) in [6, 6.07) is 4.17. The van der Waals surface area contributed by atoms with Crippen molar-refractivity contribution in [2.24, 2.45) is 0 Å². The van der Waals surface area contributed by atoms with Gasteiger partial charge >= 0.3 is 12.5 Å². The van der Waals surface area contributed by atoms with Gasteiger partial charge in [-0.1, -0.05) is 18.2 Å². The van der Waals surface area contributed by atoms with Crippen LogP contribution in [0.15, 0.2) is 24.3 Å². The second kappa shape index (κ2) is 4.87. The molecule has 0 aliphatic rings. The van der Waals surface area contributed by atoms with Crippen LogP contribution >= 0.6 is 0 Å². The summed E-state index contributed by atoms with van der Waals surface area (Å²) in [6.45, 7) is 0. The fourth-order valence-corrected chi connectivity index (χ4v) is 1.15. The van der Waals surface area contributed by atoms with Gasteiger partial charge in [0.2, 0.25) is 5.78 Å². The third-order valence-corrected chi connectivity index (χ3v) is 1.87. The Labute approximate surface area is 97.2 Å². The van der Waals surface area contributed by atoms with Crippen molar-refractivity contribution < 1.29 is 35.9 Å². The molecule has 0 saturated heterocycles. The fourth-order valence-electron chi connectivity index (χ4n) is 1.15. The number of hydrogen-bond donors (Lipinski definition) is 0. The van der Waals surface area contributed by atoms with Gasteiger partial charge in [0.25, 0.3) is 0 Å². The van der Waals surface area contributed by atoms with E-state index in [0.29, 0.717) is 0 Å². The molecule has 0 aliphatic carbocycles. The van der Waals surface area contributed by atoms with E-state index in [9.17, 15) is 31.1 Å². The number of alkyl halides is 6. The molecule has 100 valence electrons. The number of benzene rings is 1. The van der Waals surface area contributed by atoms with Crippen LogP contribution in [0.5, 0.6) is 5.75 Å². The zero-order valence-electron chi connectivity index (χ0n) is 8.60. The summed E-state index contributed by atoms with van der Waals surface area (Å²) in [5, 5.41) is 0. The molecule has 0 unspecified atom stereocenters. The van der Waals surface area contributed by atoms with E-state index in [1.54, 1.807) is 0 Å². The van der Waals surface area contributed by atoms with Crippen molar-refractivity contribution in [2.45, 2.75) is 19.0 Å². The molecule has 0 bridgehead atoms. The second-order valence-corrected chi connectivity index (χ2v) is 3.25. The van der Waals surface area contributed by atoms with Gasteiger partial charge in [-0.3, -0.25) is 4.79 Å². The largest absolute Gasteiger partial charge is 0.573 e. The second-order valence-electron chi connectivity index (χ2n) is 3.25. The highest BCUT2D eigenvalue weighted by Crippen LogP contribution is 2.28. The molecule has 0 fully saturated rings. The van der Waals surface area contributed by atoms with Gasteiger partial charge in [0.1, 0.15) is 5.75 Å². The highest BCUT2D eigenvalue weighted by Gasteiger charge is 2.39. The zero-order valence-corrected chi connectivity index (χ0v) is 8.60. The van der Waals surface area contributed by atoms with Gasteiger partial charge in [-0.05, 0) is 6.07 Å². The smallest absolute Gasteiger partial charge is 0.405 e. The van der Waals surface area contributed by atoms with Gasteiger partial charge in [0, 0.05) is 12.0 Å². The number of rotatable bonds is 3. The minimum Gasteiger partial charge on any atom is -0.405 e. The molecular formula is C10H6F6O2. The number of Topliss-reactive ketones (excluding diaryl/α,β-unsaturated/α-hetero) is 1. The van der Waals surface area contributed by atoms with Crippen molar-refractivity contribution in [1.29, 1.82) is 0 Å². The molecule has 0 N–H and O–H groups in total. The third kappa shape index (κ3) is 4.27. The van der Waals surface area contributed by atoms with Crippen molar-refractivity contribution in [3.63, 3.8) is 0 Å². The predicted octanol–water partition coefficient (Wildman–Crippen LogP) is 3.26. The third-order valence-electron chi connectivity index (χ3n) is 1.87. The van der Waals surface area contributed by atoms with Gasteiger partial charge in [0.15, 0.2) is 0 Å². The number of carbonyl (C=O) groups excluding carboxylic acids is 1. The van der Waals surface area contributed by atoms with E-state index < -0.39 is 36.1 Å². The maximum absolute atomic E-state index is 12.0. The first-order valence-electron chi connectivity index (χ1n) is 4.53. The number of halogens is 6. The lowest BCUT2D eigenvalue weighted by Crippen LogP contribution is -2.25. The Morgan fingerprint density at radius 3 is 2.11 bits per heavy atom. The molecular weight excluding hydrogens is 266 g/mol. The number of para-hydroxylation sites is 1. The molecule has 18 heavy (non-hydrogen) atoms. The van der Waals surface area contributed by atoms with E-state index in [4.69, 9.17) is 0 Å². The molecule has 0 radical (unpaired) electrons. The molecule has 2 nitrogen and oxygen atoms in total. The van der Waals surface area contributed by atoms with Crippen molar-refractivity contribution in [1.82, 2.24) is 0 Å². The molecule has 8 heteroatoms. The van der Waals surface area contributed by atoms with E-state index in [0.717, 1.165) is 18.2 Å².